The molecule has 0 aliphatic rings. The first kappa shape index (κ1) is 16.7. The molecule has 0 saturated heterocycles. The highest BCUT2D eigenvalue weighted by Gasteiger charge is 2.15. The molecule has 0 radical (unpaired) electrons. The molecule has 3 rings (SSSR count). The van der Waals surface area contributed by atoms with E-state index in [0.717, 1.165) is 11.1 Å². The highest BCUT2D eigenvalue weighted by atomic mass is 16.5. The van der Waals surface area contributed by atoms with Gasteiger partial charge in [0, 0.05) is 0 Å². The van der Waals surface area contributed by atoms with Gasteiger partial charge in [-0.2, -0.15) is 4.98 Å². The molecule has 0 aliphatic heterocycles. The van der Waals surface area contributed by atoms with Crippen molar-refractivity contribution >= 4 is 11.8 Å². The fourth-order valence-electron chi connectivity index (χ4n) is 2.58. The molecular formula is C19H20N4O2. The van der Waals surface area contributed by atoms with E-state index in [1.165, 1.54) is 0 Å². The Morgan fingerprint density at radius 1 is 1.00 bits per heavy atom. The molecule has 0 amide bonds. The van der Waals surface area contributed by atoms with E-state index >= 15 is 0 Å². The van der Waals surface area contributed by atoms with Gasteiger partial charge < -0.3 is 21.3 Å². The average Bonchev–Trinajstić information content (AvgIpc) is 2.64. The molecule has 0 spiro atoms. The fraction of sp³-hybridized carbons (Fsp3) is 0.158. The molecule has 1 aromatic heterocycles. The Hall–Kier alpha value is -3.12. The Balaban J connectivity index is 1.91. The number of nitrogen functional groups attached to an aromatic ring is 2. The lowest BCUT2D eigenvalue weighted by Gasteiger charge is -2.15. The molecule has 2 aromatic carbocycles. The number of hydrogen-bond acceptors (Lipinski definition) is 6. The van der Waals surface area contributed by atoms with Gasteiger partial charge in [0.15, 0.2) is 11.6 Å². The van der Waals surface area contributed by atoms with Gasteiger partial charge in [-0.05, 0) is 29.7 Å². The molecule has 25 heavy (non-hydrogen) atoms. The van der Waals surface area contributed by atoms with Crippen molar-refractivity contribution in [2.24, 2.45) is 0 Å². The van der Waals surface area contributed by atoms with Crippen molar-refractivity contribution in [3.8, 4) is 11.5 Å². The summed E-state index contributed by atoms with van der Waals surface area (Å²) in [5.74, 6) is 1.25. The molecule has 5 N–H and O–H groups in total. The second-order valence-corrected chi connectivity index (χ2v) is 5.58. The maximum Gasteiger partial charge on any atom is 0.222 e. The quantitative estimate of drug-likeness (QED) is 0.661. The van der Waals surface area contributed by atoms with Crippen LogP contribution in [0.3, 0.4) is 0 Å². The maximum atomic E-state index is 10.6. The molecule has 1 atom stereocenters. The van der Waals surface area contributed by atoms with Crippen LogP contribution >= 0.6 is 0 Å². The predicted molar refractivity (Wildman–Crippen MR) is 97.3 cm³/mol. The number of nitrogens with zero attached hydrogens (tertiary/aromatic N) is 2. The summed E-state index contributed by atoms with van der Waals surface area (Å²) in [6.07, 6.45) is -0.131. The normalized spacial score (nSPS) is 11.9. The molecule has 0 unspecified atom stereocenters. The standard InChI is InChI=1S/C19H20N4O2/c1-2-15-17(18(20)23-19(21)22-15)25-14-10-6-9-13(11-14)16(24)12-7-4-3-5-8-12/h3-11,16,24H,2H2,1H3,(H4,20,21,22,23)/t16-/m1/s1. The van der Waals surface area contributed by atoms with Gasteiger partial charge in [-0.1, -0.05) is 49.4 Å². The second-order valence-electron chi connectivity index (χ2n) is 5.58. The summed E-state index contributed by atoms with van der Waals surface area (Å²) in [5.41, 5.74) is 13.7. The van der Waals surface area contributed by atoms with Crippen LogP contribution in [0.15, 0.2) is 54.6 Å². The number of aliphatic hydroxyl groups excluding tert-OH is 1. The van der Waals surface area contributed by atoms with Gasteiger partial charge in [0.05, 0.1) is 5.69 Å². The zero-order valence-corrected chi connectivity index (χ0v) is 13.9. The molecular weight excluding hydrogens is 316 g/mol. The number of aliphatic hydroxyl groups is 1. The molecule has 0 fully saturated rings. The predicted octanol–water partition coefficient (Wildman–Crippen LogP) is 3.08. The molecule has 0 saturated carbocycles. The number of anilines is 2. The Morgan fingerprint density at radius 2 is 1.72 bits per heavy atom. The van der Waals surface area contributed by atoms with Gasteiger partial charge in [-0.3, -0.25) is 0 Å². The van der Waals surface area contributed by atoms with Crippen LogP contribution in [0.5, 0.6) is 11.5 Å². The molecule has 3 aromatic rings. The third kappa shape index (κ3) is 3.70. The van der Waals surface area contributed by atoms with Crippen LogP contribution in [-0.2, 0) is 6.42 Å². The summed E-state index contributed by atoms with van der Waals surface area (Å²) in [6, 6.07) is 16.6. The van der Waals surface area contributed by atoms with Crippen molar-refractivity contribution in [2.75, 3.05) is 11.5 Å². The molecule has 0 bridgehead atoms. The first-order valence-electron chi connectivity index (χ1n) is 8.01. The SMILES string of the molecule is CCc1nc(N)nc(N)c1Oc1cccc([C@H](O)c2ccccc2)c1. The van der Waals surface area contributed by atoms with E-state index in [1.807, 2.05) is 49.4 Å². The highest BCUT2D eigenvalue weighted by Crippen LogP contribution is 2.32. The summed E-state index contributed by atoms with van der Waals surface area (Å²) in [6.45, 7) is 1.93. The van der Waals surface area contributed by atoms with Crippen molar-refractivity contribution in [1.82, 2.24) is 9.97 Å². The van der Waals surface area contributed by atoms with E-state index < -0.39 is 6.10 Å². The third-order valence-electron chi connectivity index (χ3n) is 3.82. The van der Waals surface area contributed by atoms with E-state index in [9.17, 15) is 5.11 Å². The van der Waals surface area contributed by atoms with Crippen LogP contribution in [0.1, 0.15) is 29.8 Å². The van der Waals surface area contributed by atoms with Crippen molar-refractivity contribution in [3.05, 3.63) is 71.4 Å². The van der Waals surface area contributed by atoms with Crippen molar-refractivity contribution < 1.29 is 9.84 Å². The summed E-state index contributed by atoms with van der Waals surface area (Å²) in [7, 11) is 0. The van der Waals surface area contributed by atoms with Crippen LogP contribution in [0.4, 0.5) is 11.8 Å². The fourth-order valence-corrected chi connectivity index (χ4v) is 2.58. The lowest BCUT2D eigenvalue weighted by atomic mass is 10.0. The van der Waals surface area contributed by atoms with E-state index in [4.69, 9.17) is 16.2 Å². The Kier molecular flexibility index (Phi) is 4.81. The van der Waals surface area contributed by atoms with Crippen molar-refractivity contribution in [3.63, 3.8) is 0 Å². The number of nitrogens with two attached hydrogens (primary N) is 2. The van der Waals surface area contributed by atoms with Crippen LogP contribution in [0.25, 0.3) is 0 Å². The van der Waals surface area contributed by atoms with Gasteiger partial charge in [0.1, 0.15) is 11.9 Å². The van der Waals surface area contributed by atoms with Gasteiger partial charge in [-0.25, -0.2) is 4.98 Å². The third-order valence-corrected chi connectivity index (χ3v) is 3.82. The lowest BCUT2D eigenvalue weighted by Crippen LogP contribution is -2.06. The first-order valence-corrected chi connectivity index (χ1v) is 8.01. The van der Waals surface area contributed by atoms with E-state index in [2.05, 4.69) is 9.97 Å². The van der Waals surface area contributed by atoms with Crippen LogP contribution in [-0.4, -0.2) is 15.1 Å². The minimum Gasteiger partial charge on any atom is -0.452 e. The van der Waals surface area contributed by atoms with Crippen LogP contribution in [0, 0.1) is 0 Å². The number of aromatic nitrogens is 2. The average molecular weight is 336 g/mol. The minimum atomic E-state index is -0.740. The van der Waals surface area contributed by atoms with Gasteiger partial charge in [-0.15, -0.1) is 0 Å². The van der Waals surface area contributed by atoms with E-state index in [0.29, 0.717) is 23.6 Å². The number of hydrogen-bond donors (Lipinski definition) is 3. The number of rotatable bonds is 5. The number of benzene rings is 2. The number of aryl methyl sites for hydroxylation is 1. The summed E-state index contributed by atoms with van der Waals surface area (Å²) >= 11 is 0. The zero-order valence-electron chi connectivity index (χ0n) is 13.9. The zero-order chi connectivity index (χ0) is 17.8. The summed E-state index contributed by atoms with van der Waals surface area (Å²) in [5, 5.41) is 10.6. The Labute approximate surface area is 146 Å². The van der Waals surface area contributed by atoms with Gasteiger partial charge >= 0.3 is 0 Å². The summed E-state index contributed by atoms with van der Waals surface area (Å²) in [4.78, 5) is 8.12. The first-order chi connectivity index (χ1) is 12.1. The highest BCUT2D eigenvalue weighted by molar-refractivity contribution is 5.53. The molecule has 128 valence electrons. The van der Waals surface area contributed by atoms with Crippen molar-refractivity contribution in [1.29, 1.82) is 0 Å². The van der Waals surface area contributed by atoms with Crippen molar-refractivity contribution in [2.45, 2.75) is 19.4 Å². The second kappa shape index (κ2) is 7.19. The Morgan fingerprint density at radius 3 is 2.44 bits per heavy atom. The summed E-state index contributed by atoms with van der Waals surface area (Å²) < 4.78 is 5.90. The van der Waals surface area contributed by atoms with Crippen LogP contribution in [0.2, 0.25) is 0 Å². The van der Waals surface area contributed by atoms with E-state index in [1.54, 1.807) is 12.1 Å². The topological polar surface area (TPSA) is 107 Å². The van der Waals surface area contributed by atoms with Crippen LogP contribution < -0.4 is 16.2 Å². The van der Waals surface area contributed by atoms with Gasteiger partial charge in [0.25, 0.3) is 0 Å². The van der Waals surface area contributed by atoms with E-state index in [-0.39, 0.29) is 11.8 Å². The maximum absolute atomic E-state index is 10.6. The van der Waals surface area contributed by atoms with Gasteiger partial charge in [0.2, 0.25) is 5.95 Å². The molecule has 1 heterocycles. The smallest absolute Gasteiger partial charge is 0.222 e. The molecule has 0 aliphatic carbocycles. The number of ether oxygens (including phenoxy) is 1. The lowest BCUT2D eigenvalue weighted by molar-refractivity contribution is 0.220. The molecule has 6 heteroatoms. The molecule has 6 nitrogen and oxygen atoms in total. The largest absolute Gasteiger partial charge is 0.452 e. The Bertz CT molecular complexity index is 869. The monoisotopic (exact) mass is 336 g/mol. The minimum absolute atomic E-state index is 0.120.